The van der Waals surface area contributed by atoms with Gasteiger partial charge in [0.05, 0.1) is 12.8 Å². The van der Waals surface area contributed by atoms with E-state index in [4.69, 9.17) is 25.8 Å². The summed E-state index contributed by atoms with van der Waals surface area (Å²) in [5.41, 5.74) is 3.17. The number of carbonyl (C=O) groups is 1. The minimum Gasteiger partial charge on any atom is -0.497 e. The number of ether oxygens (including phenoxy) is 3. The van der Waals surface area contributed by atoms with Crippen LogP contribution in [-0.2, 0) is 17.6 Å². The molecule has 5 nitrogen and oxygen atoms in total. The number of hydrogen-bond acceptors (Lipinski definition) is 4. The molecule has 1 aliphatic rings. The van der Waals surface area contributed by atoms with Gasteiger partial charge < -0.3 is 19.5 Å². The van der Waals surface area contributed by atoms with Crippen LogP contribution in [0.5, 0.6) is 23.0 Å². The highest BCUT2D eigenvalue weighted by Crippen LogP contribution is 2.34. The number of rotatable bonds is 8. The molecule has 6 heteroatoms. The second-order valence-electron chi connectivity index (χ2n) is 8.06. The molecule has 0 radical (unpaired) electrons. The highest BCUT2D eigenvalue weighted by atomic mass is 35.5. The Labute approximate surface area is 199 Å². The summed E-state index contributed by atoms with van der Waals surface area (Å²) < 4.78 is 17.3. The molecule has 0 bridgehead atoms. The third-order valence-corrected chi connectivity index (χ3v) is 5.97. The fourth-order valence-electron chi connectivity index (χ4n) is 3.96. The van der Waals surface area contributed by atoms with Crippen molar-refractivity contribution < 1.29 is 19.0 Å². The fraction of sp³-hybridized carbons (Fsp3) is 0.296. The maximum Gasteiger partial charge on any atom is 0.265 e. The lowest BCUT2D eigenvalue weighted by Gasteiger charge is -2.21. The summed E-state index contributed by atoms with van der Waals surface area (Å²) in [6.45, 7) is 1.92. The SMILES string of the molecule is CCC(Oc1ccc2c(c1)CCCC2)C(=O)Nc1cc(Cl)ccc1Oc1cccc(OC)c1. The molecule has 0 aliphatic heterocycles. The Hall–Kier alpha value is -3.18. The summed E-state index contributed by atoms with van der Waals surface area (Å²) in [6, 6.07) is 18.5. The molecule has 3 aromatic rings. The van der Waals surface area contributed by atoms with Gasteiger partial charge in [-0.1, -0.05) is 30.7 Å². The second kappa shape index (κ2) is 10.6. The summed E-state index contributed by atoms with van der Waals surface area (Å²) in [6.07, 6.45) is 4.47. The Kier molecular flexibility index (Phi) is 7.40. The third-order valence-electron chi connectivity index (χ3n) is 5.73. The number of halogens is 1. The van der Waals surface area contributed by atoms with Gasteiger partial charge in [-0.15, -0.1) is 0 Å². The monoisotopic (exact) mass is 465 g/mol. The number of benzene rings is 3. The van der Waals surface area contributed by atoms with Crippen LogP contribution in [0.25, 0.3) is 0 Å². The van der Waals surface area contributed by atoms with Crippen molar-refractivity contribution in [3.63, 3.8) is 0 Å². The molecule has 172 valence electrons. The van der Waals surface area contributed by atoms with Crippen LogP contribution in [0, 0.1) is 0 Å². The largest absolute Gasteiger partial charge is 0.497 e. The standard InChI is InChI=1S/C27H28ClNO4/c1-3-25(32-23-13-11-18-7-4-5-8-19(18)15-23)27(30)29-24-16-20(28)12-14-26(24)33-22-10-6-9-21(17-22)31-2/h6,9-17,25H,3-5,7-8H2,1-2H3,(H,29,30). The van der Waals surface area contributed by atoms with E-state index >= 15 is 0 Å². The van der Waals surface area contributed by atoms with Crippen molar-refractivity contribution in [2.45, 2.75) is 45.1 Å². The number of nitrogens with one attached hydrogen (secondary N) is 1. The lowest BCUT2D eigenvalue weighted by atomic mass is 9.92. The number of anilines is 1. The van der Waals surface area contributed by atoms with Gasteiger partial charge in [0.2, 0.25) is 0 Å². The second-order valence-corrected chi connectivity index (χ2v) is 8.50. The number of aryl methyl sites for hydroxylation is 2. The van der Waals surface area contributed by atoms with Crippen LogP contribution >= 0.6 is 11.6 Å². The average Bonchev–Trinajstić information content (AvgIpc) is 2.84. The Morgan fingerprint density at radius 1 is 0.970 bits per heavy atom. The van der Waals surface area contributed by atoms with E-state index in [0.29, 0.717) is 34.4 Å². The fourth-order valence-corrected chi connectivity index (χ4v) is 4.14. The quantitative estimate of drug-likeness (QED) is 0.396. The lowest BCUT2D eigenvalue weighted by molar-refractivity contribution is -0.122. The lowest BCUT2D eigenvalue weighted by Crippen LogP contribution is -2.32. The van der Waals surface area contributed by atoms with Gasteiger partial charge in [0.25, 0.3) is 5.91 Å². The molecule has 0 saturated heterocycles. The predicted molar refractivity (Wildman–Crippen MR) is 131 cm³/mol. The Bertz CT molecular complexity index is 1130. The van der Waals surface area contributed by atoms with Crippen molar-refractivity contribution in [3.05, 3.63) is 76.8 Å². The molecule has 1 aliphatic carbocycles. The third kappa shape index (κ3) is 5.79. The Balaban J connectivity index is 1.50. The average molecular weight is 466 g/mol. The molecule has 0 aromatic heterocycles. The van der Waals surface area contributed by atoms with Crippen LogP contribution in [0.4, 0.5) is 5.69 Å². The molecule has 4 rings (SSSR count). The van der Waals surface area contributed by atoms with Crippen molar-refractivity contribution in [2.75, 3.05) is 12.4 Å². The summed E-state index contributed by atoms with van der Waals surface area (Å²) in [5, 5.41) is 3.42. The number of carbonyl (C=O) groups excluding carboxylic acids is 1. The normalized spacial score (nSPS) is 13.5. The molecular formula is C27H28ClNO4. The van der Waals surface area contributed by atoms with Gasteiger partial charge in [-0.05, 0) is 85.7 Å². The molecule has 1 atom stereocenters. The van der Waals surface area contributed by atoms with Gasteiger partial charge in [0.1, 0.15) is 17.2 Å². The number of amides is 1. The first-order valence-corrected chi connectivity index (χ1v) is 11.6. The van der Waals surface area contributed by atoms with E-state index in [1.54, 1.807) is 31.4 Å². The van der Waals surface area contributed by atoms with E-state index in [0.717, 1.165) is 18.6 Å². The molecule has 3 aromatic carbocycles. The molecule has 1 amide bonds. The number of hydrogen-bond donors (Lipinski definition) is 1. The Morgan fingerprint density at radius 2 is 1.76 bits per heavy atom. The van der Waals surface area contributed by atoms with E-state index in [9.17, 15) is 4.79 Å². The number of fused-ring (bicyclic) bond motifs is 1. The summed E-state index contributed by atoms with van der Waals surface area (Å²) in [7, 11) is 1.60. The molecule has 33 heavy (non-hydrogen) atoms. The smallest absolute Gasteiger partial charge is 0.265 e. The van der Waals surface area contributed by atoms with E-state index in [2.05, 4.69) is 17.4 Å². The van der Waals surface area contributed by atoms with Crippen LogP contribution in [0.3, 0.4) is 0 Å². The van der Waals surface area contributed by atoms with Crippen molar-refractivity contribution in [1.82, 2.24) is 0 Å². The zero-order valence-electron chi connectivity index (χ0n) is 18.9. The van der Waals surface area contributed by atoms with Crippen molar-refractivity contribution in [1.29, 1.82) is 0 Å². The van der Waals surface area contributed by atoms with Crippen LogP contribution in [-0.4, -0.2) is 19.1 Å². The summed E-state index contributed by atoms with van der Waals surface area (Å²) >= 11 is 6.20. The van der Waals surface area contributed by atoms with Crippen molar-refractivity contribution in [2.24, 2.45) is 0 Å². The van der Waals surface area contributed by atoms with Gasteiger partial charge in [0, 0.05) is 11.1 Å². The van der Waals surface area contributed by atoms with Crippen molar-refractivity contribution >= 4 is 23.2 Å². The molecule has 1 N–H and O–H groups in total. The number of methoxy groups -OCH3 is 1. The molecule has 0 saturated carbocycles. The highest BCUT2D eigenvalue weighted by Gasteiger charge is 2.21. The molecule has 1 unspecified atom stereocenters. The minimum absolute atomic E-state index is 0.257. The van der Waals surface area contributed by atoms with Crippen LogP contribution < -0.4 is 19.5 Å². The predicted octanol–water partition coefficient (Wildman–Crippen LogP) is 6.82. The molecule has 0 heterocycles. The highest BCUT2D eigenvalue weighted by molar-refractivity contribution is 6.31. The summed E-state index contributed by atoms with van der Waals surface area (Å²) in [5.74, 6) is 2.20. The minimum atomic E-state index is -0.643. The molecule has 0 fully saturated rings. The van der Waals surface area contributed by atoms with Gasteiger partial charge in [-0.2, -0.15) is 0 Å². The first-order valence-electron chi connectivity index (χ1n) is 11.3. The summed E-state index contributed by atoms with van der Waals surface area (Å²) in [4.78, 5) is 13.1. The maximum atomic E-state index is 13.1. The van der Waals surface area contributed by atoms with E-state index in [1.807, 2.05) is 31.2 Å². The zero-order chi connectivity index (χ0) is 23.2. The van der Waals surface area contributed by atoms with E-state index < -0.39 is 6.10 Å². The molecule has 0 spiro atoms. The van der Waals surface area contributed by atoms with Gasteiger partial charge >= 0.3 is 0 Å². The zero-order valence-corrected chi connectivity index (χ0v) is 19.7. The van der Waals surface area contributed by atoms with E-state index in [1.165, 1.54) is 24.0 Å². The van der Waals surface area contributed by atoms with Gasteiger partial charge in [-0.3, -0.25) is 4.79 Å². The Morgan fingerprint density at radius 3 is 2.55 bits per heavy atom. The van der Waals surface area contributed by atoms with E-state index in [-0.39, 0.29) is 5.91 Å². The van der Waals surface area contributed by atoms with Gasteiger partial charge in [-0.25, -0.2) is 0 Å². The topological polar surface area (TPSA) is 56.8 Å². The van der Waals surface area contributed by atoms with Crippen LogP contribution in [0.15, 0.2) is 60.7 Å². The van der Waals surface area contributed by atoms with Crippen LogP contribution in [0.2, 0.25) is 5.02 Å². The van der Waals surface area contributed by atoms with Crippen LogP contribution in [0.1, 0.15) is 37.3 Å². The molecular weight excluding hydrogens is 438 g/mol. The maximum absolute atomic E-state index is 13.1. The van der Waals surface area contributed by atoms with Crippen molar-refractivity contribution in [3.8, 4) is 23.0 Å². The first kappa shape index (κ1) is 23.0. The van der Waals surface area contributed by atoms with Gasteiger partial charge in [0.15, 0.2) is 11.9 Å². The first-order chi connectivity index (χ1) is 16.1.